The van der Waals surface area contributed by atoms with E-state index in [0.29, 0.717) is 38.9 Å². The van der Waals surface area contributed by atoms with Gasteiger partial charge in [-0.3, -0.25) is 14.5 Å². The Balaban J connectivity index is 1.72. The lowest BCUT2D eigenvalue weighted by molar-refractivity contribution is -0.141. The van der Waals surface area contributed by atoms with Gasteiger partial charge in [-0.25, -0.2) is 0 Å². The average molecular weight is 437 g/mol. The van der Waals surface area contributed by atoms with Crippen LogP contribution in [-0.4, -0.2) is 42.1 Å². The Labute approximate surface area is 178 Å². The van der Waals surface area contributed by atoms with E-state index in [1.54, 1.807) is 4.98 Å². The molecule has 2 N–H and O–H groups in total. The third-order valence-electron chi connectivity index (χ3n) is 5.22. The summed E-state index contributed by atoms with van der Waals surface area (Å²) >= 11 is 0. The van der Waals surface area contributed by atoms with Crippen LogP contribution >= 0.6 is 0 Å². The standard InChI is InChI=1S/C22H26F3N3O3/c1-2-3-11-31-12-10-28-13-15-6-4-5-7-16(15)18(14-28)26-20(29)17-8-9-19(22(23,24)25)27-21(17)30/h4-9,18H,2-3,10-14H2,1H3,(H,26,29)(H,27,30). The molecule has 0 aliphatic carbocycles. The zero-order chi connectivity index (χ0) is 22.4. The van der Waals surface area contributed by atoms with Crippen LogP contribution in [0.1, 0.15) is 53.0 Å². The van der Waals surface area contributed by atoms with Crippen LogP contribution in [-0.2, 0) is 17.5 Å². The summed E-state index contributed by atoms with van der Waals surface area (Å²) in [4.78, 5) is 28.6. The summed E-state index contributed by atoms with van der Waals surface area (Å²) in [5.74, 6) is -0.712. The quantitative estimate of drug-likeness (QED) is 0.620. The van der Waals surface area contributed by atoms with E-state index in [1.165, 1.54) is 0 Å². The lowest BCUT2D eigenvalue weighted by atomic mass is 9.95. The van der Waals surface area contributed by atoms with Crippen LogP contribution in [0.2, 0.25) is 0 Å². The molecule has 0 saturated carbocycles. The zero-order valence-electron chi connectivity index (χ0n) is 17.3. The lowest BCUT2D eigenvalue weighted by Crippen LogP contribution is -2.44. The number of hydrogen-bond acceptors (Lipinski definition) is 4. The van der Waals surface area contributed by atoms with E-state index >= 15 is 0 Å². The van der Waals surface area contributed by atoms with Crippen molar-refractivity contribution in [3.05, 3.63) is 69.1 Å². The number of hydrogen-bond donors (Lipinski definition) is 2. The van der Waals surface area contributed by atoms with Crippen LogP contribution in [0.4, 0.5) is 13.2 Å². The first-order chi connectivity index (χ1) is 14.8. The fourth-order valence-electron chi connectivity index (χ4n) is 3.57. The van der Waals surface area contributed by atoms with Gasteiger partial charge in [0.15, 0.2) is 0 Å². The van der Waals surface area contributed by atoms with Crippen molar-refractivity contribution >= 4 is 5.91 Å². The van der Waals surface area contributed by atoms with Crippen LogP contribution in [0.3, 0.4) is 0 Å². The van der Waals surface area contributed by atoms with Gasteiger partial charge in [-0.1, -0.05) is 37.6 Å². The molecule has 6 nitrogen and oxygen atoms in total. The first kappa shape index (κ1) is 23.0. The van der Waals surface area contributed by atoms with Gasteiger partial charge < -0.3 is 15.0 Å². The van der Waals surface area contributed by atoms with Gasteiger partial charge in [0.05, 0.1) is 12.6 Å². The van der Waals surface area contributed by atoms with Crippen molar-refractivity contribution in [1.29, 1.82) is 0 Å². The molecule has 1 aromatic heterocycles. The predicted octanol–water partition coefficient (Wildman–Crippen LogP) is 3.50. The van der Waals surface area contributed by atoms with Crippen molar-refractivity contribution in [2.45, 2.75) is 38.5 Å². The summed E-state index contributed by atoms with van der Waals surface area (Å²) in [7, 11) is 0. The minimum Gasteiger partial charge on any atom is -0.380 e. The Kier molecular flexibility index (Phi) is 7.50. The highest BCUT2D eigenvalue weighted by Gasteiger charge is 2.33. The van der Waals surface area contributed by atoms with Crippen LogP contribution < -0.4 is 10.9 Å². The number of aromatic amines is 1. The maximum atomic E-state index is 12.8. The van der Waals surface area contributed by atoms with Crippen LogP contribution in [0.15, 0.2) is 41.2 Å². The fourth-order valence-corrected chi connectivity index (χ4v) is 3.57. The van der Waals surface area contributed by atoms with Gasteiger partial charge in [0.25, 0.3) is 11.5 Å². The highest BCUT2D eigenvalue weighted by Crippen LogP contribution is 2.28. The Bertz CT molecular complexity index is 959. The van der Waals surface area contributed by atoms with E-state index in [1.807, 2.05) is 24.3 Å². The number of rotatable bonds is 8. The Hall–Kier alpha value is -2.65. The van der Waals surface area contributed by atoms with E-state index in [0.717, 1.165) is 30.0 Å². The fraction of sp³-hybridized carbons (Fsp3) is 0.455. The van der Waals surface area contributed by atoms with Crippen LogP contribution in [0, 0.1) is 0 Å². The normalized spacial score (nSPS) is 16.7. The molecule has 1 atom stereocenters. The Morgan fingerprint density at radius 3 is 2.71 bits per heavy atom. The molecule has 0 spiro atoms. The second-order valence-electron chi connectivity index (χ2n) is 7.54. The van der Waals surface area contributed by atoms with Gasteiger partial charge in [-0.15, -0.1) is 0 Å². The number of ether oxygens (including phenoxy) is 1. The minimum absolute atomic E-state index is 0.356. The maximum absolute atomic E-state index is 12.8. The van der Waals surface area contributed by atoms with E-state index < -0.39 is 29.4 Å². The summed E-state index contributed by atoms with van der Waals surface area (Å²) in [5, 5.41) is 2.81. The van der Waals surface area contributed by atoms with E-state index in [2.05, 4.69) is 17.1 Å². The number of aromatic nitrogens is 1. The number of nitrogens with one attached hydrogen (secondary N) is 2. The van der Waals surface area contributed by atoms with Crippen molar-refractivity contribution in [3.8, 4) is 0 Å². The van der Waals surface area contributed by atoms with E-state index in [4.69, 9.17) is 4.74 Å². The Morgan fingerprint density at radius 1 is 1.23 bits per heavy atom. The number of carbonyl (C=O) groups is 1. The summed E-state index contributed by atoms with van der Waals surface area (Å²) in [5.41, 5.74) is -0.634. The SMILES string of the molecule is CCCCOCCN1Cc2ccccc2C(NC(=O)c2ccc(C(F)(F)F)[nH]c2=O)C1. The third-order valence-corrected chi connectivity index (χ3v) is 5.22. The molecule has 1 amide bonds. The van der Waals surface area contributed by atoms with Crippen molar-refractivity contribution in [2.24, 2.45) is 0 Å². The number of amides is 1. The van der Waals surface area contributed by atoms with Crippen molar-refractivity contribution in [1.82, 2.24) is 15.2 Å². The predicted molar refractivity (Wildman–Crippen MR) is 110 cm³/mol. The summed E-state index contributed by atoms with van der Waals surface area (Å²) in [6.07, 6.45) is -2.62. The second kappa shape index (κ2) is 10.1. The van der Waals surface area contributed by atoms with Crippen LogP contribution in [0.5, 0.6) is 0 Å². The molecule has 2 heterocycles. The molecule has 2 aromatic rings. The lowest BCUT2D eigenvalue weighted by Gasteiger charge is -2.35. The summed E-state index contributed by atoms with van der Waals surface area (Å²) in [6.45, 7) is 5.28. The number of fused-ring (bicyclic) bond motifs is 1. The van der Waals surface area contributed by atoms with Crippen LogP contribution in [0.25, 0.3) is 0 Å². The average Bonchev–Trinajstić information content (AvgIpc) is 2.73. The topological polar surface area (TPSA) is 74.4 Å². The van der Waals surface area contributed by atoms with Crippen molar-refractivity contribution < 1.29 is 22.7 Å². The van der Waals surface area contributed by atoms with Gasteiger partial charge in [-0.2, -0.15) is 13.2 Å². The number of halogens is 3. The Morgan fingerprint density at radius 2 is 2.00 bits per heavy atom. The molecule has 31 heavy (non-hydrogen) atoms. The molecule has 1 aliphatic rings. The molecule has 1 unspecified atom stereocenters. The van der Waals surface area contributed by atoms with Gasteiger partial charge in [0.2, 0.25) is 0 Å². The zero-order valence-corrected chi connectivity index (χ0v) is 17.3. The molecule has 0 saturated heterocycles. The van der Waals surface area contributed by atoms with Crippen molar-refractivity contribution in [2.75, 3.05) is 26.3 Å². The molecule has 0 bridgehead atoms. The molecular formula is C22H26F3N3O3. The maximum Gasteiger partial charge on any atom is 0.431 e. The molecular weight excluding hydrogens is 411 g/mol. The highest BCUT2D eigenvalue weighted by molar-refractivity contribution is 5.94. The monoisotopic (exact) mass is 437 g/mol. The number of alkyl halides is 3. The largest absolute Gasteiger partial charge is 0.431 e. The summed E-state index contributed by atoms with van der Waals surface area (Å²) < 4.78 is 43.9. The molecule has 0 fully saturated rings. The molecule has 0 radical (unpaired) electrons. The molecule has 1 aromatic carbocycles. The minimum atomic E-state index is -4.68. The number of pyridine rings is 1. The smallest absolute Gasteiger partial charge is 0.380 e. The number of unbranched alkanes of at least 4 members (excludes halogenated alkanes) is 1. The van der Waals surface area contributed by atoms with Gasteiger partial charge in [0.1, 0.15) is 11.3 Å². The molecule has 1 aliphatic heterocycles. The summed E-state index contributed by atoms with van der Waals surface area (Å²) in [6, 6.07) is 8.88. The van der Waals surface area contributed by atoms with Gasteiger partial charge in [0, 0.05) is 26.2 Å². The molecule has 9 heteroatoms. The number of carbonyl (C=O) groups excluding carboxylic acids is 1. The van der Waals surface area contributed by atoms with Gasteiger partial charge >= 0.3 is 6.18 Å². The number of nitrogens with zero attached hydrogens (tertiary/aromatic N) is 1. The number of benzene rings is 1. The van der Waals surface area contributed by atoms with E-state index in [-0.39, 0.29) is 5.56 Å². The first-order valence-corrected chi connectivity index (χ1v) is 10.3. The highest BCUT2D eigenvalue weighted by atomic mass is 19.4. The molecule has 168 valence electrons. The van der Waals surface area contributed by atoms with Gasteiger partial charge in [-0.05, 0) is 29.7 Å². The van der Waals surface area contributed by atoms with Crippen molar-refractivity contribution in [3.63, 3.8) is 0 Å². The first-order valence-electron chi connectivity index (χ1n) is 10.3. The molecule has 3 rings (SSSR count). The van der Waals surface area contributed by atoms with E-state index in [9.17, 15) is 22.8 Å². The third kappa shape index (κ3) is 5.95. The second-order valence-corrected chi connectivity index (χ2v) is 7.54. The number of H-pyrrole nitrogens is 1.